The van der Waals surface area contributed by atoms with Gasteiger partial charge in [0.15, 0.2) is 11.5 Å². The molecule has 0 aromatic heterocycles. The van der Waals surface area contributed by atoms with Crippen molar-refractivity contribution in [1.29, 1.82) is 0 Å². The quantitative estimate of drug-likeness (QED) is 0.848. The summed E-state index contributed by atoms with van der Waals surface area (Å²) in [5, 5.41) is 3.30. The van der Waals surface area contributed by atoms with Crippen LogP contribution in [0.15, 0.2) is 23.8 Å². The summed E-state index contributed by atoms with van der Waals surface area (Å²) >= 11 is 0. The Labute approximate surface area is 160 Å². The lowest BCUT2D eigenvalue weighted by atomic mass is 9.67. The molecule has 2 atom stereocenters. The van der Waals surface area contributed by atoms with Crippen LogP contribution in [0.1, 0.15) is 37.7 Å². The van der Waals surface area contributed by atoms with Gasteiger partial charge in [-0.15, -0.1) is 12.4 Å². The molecule has 0 spiro atoms. The van der Waals surface area contributed by atoms with Crippen LogP contribution in [0.2, 0.25) is 0 Å². The molecule has 6 heteroatoms. The number of para-hydroxylation sites is 1. The first-order valence-electron chi connectivity index (χ1n) is 9.22. The van der Waals surface area contributed by atoms with Gasteiger partial charge in [-0.25, -0.2) is 0 Å². The molecule has 1 heterocycles. The molecule has 3 N–H and O–H groups in total. The van der Waals surface area contributed by atoms with E-state index in [4.69, 9.17) is 15.2 Å². The maximum Gasteiger partial charge on any atom is 0.250 e. The highest BCUT2D eigenvalue weighted by atomic mass is 35.5. The van der Waals surface area contributed by atoms with Crippen LogP contribution in [0.25, 0.3) is 6.08 Å². The van der Waals surface area contributed by atoms with Crippen molar-refractivity contribution in [3.63, 3.8) is 0 Å². The summed E-state index contributed by atoms with van der Waals surface area (Å²) in [6, 6.07) is 6.27. The third-order valence-corrected chi connectivity index (χ3v) is 5.90. The van der Waals surface area contributed by atoms with Crippen molar-refractivity contribution in [3.05, 3.63) is 29.3 Å². The van der Waals surface area contributed by atoms with E-state index in [0.717, 1.165) is 18.4 Å². The molecule has 142 valence electrons. The Morgan fingerprint density at radius 1 is 1.27 bits per heavy atom. The summed E-state index contributed by atoms with van der Waals surface area (Å²) in [5.74, 6) is 2.43. The van der Waals surface area contributed by atoms with Gasteiger partial charge >= 0.3 is 0 Å². The average Bonchev–Trinajstić information content (AvgIpc) is 2.61. The first-order valence-corrected chi connectivity index (χ1v) is 9.22. The predicted octanol–water partition coefficient (Wildman–Crippen LogP) is 2.92. The topological polar surface area (TPSA) is 73.6 Å². The normalized spacial score (nSPS) is 29.4. The summed E-state index contributed by atoms with van der Waals surface area (Å²) in [4.78, 5) is 12.8. The monoisotopic (exact) mass is 378 g/mol. The maximum atomic E-state index is 12.8. The number of carbonyl (C=O) groups excluding carboxylic acids is 1. The van der Waals surface area contributed by atoms with E-state index in [1.54, 1.807) is 7.11 Å². The van der Waals surface area contributed by atoms with Crippen LogP contribution in [-0.4, -0.2) is 31.7 Å². The summed E-state index contributed by atoms with van der Waals surface area (Å²) < 4.78 is 11.1. The molecule has 3 aliphatic rings. The third kappa shape index (κ3) is 3.55. The van der Waals surface area contributed by atoms with Gasteiger partial charge < -0.3 is 20.5 Å². The van der Waals surface area contributed by atoms with Gasteiger partial charge in [-0.05, 0) is 49.7 Å². The van der Waals surface area contributed by atoms with Crippen molar-refractivity contribution in [2.24, 2.45) is 17.6 Å². The number of rotatable bonds is 3. The number of hydrogen-bond donors (Lipinski definition) is 2. The number of halogens is 1. The van der Waals surface area contributed by atoms with Gasteiger partial charge in [0.25, 0.3) is 5.91 Å². The lowest BCUT2D eigenvalue weighted by Crippen LogP contribution is -2.54. The highest BCUT2D eigenvalue weighted by Crippen LogP contribution is 2.40. The van der Waals surface area contributed by atoms with E-state index in [2.05, 4.69) is 5.32 Å². The Balaban J connectivity index is 0.00000196. The van der Waals surface area contributed by atoms with Crippen LogP contribution < -0.4 is 20.5 Å². The lowest BCUT2D eigenvalue weighted by molar-refractivity contribution is -0.120. The van der Waals surface area contributed by atoms with Crippen LogP contribution in [0.3, 0.4) is 0 Å². The van der Waals surface area contributed by atoms with Crippen molar-refractivity contribution in [2.45, 2.75) is 44.2 Å². The average molecular weight is 379 g/mol. The molecule has 26 heavy (non-hydrogen) atoms. The third-order valence-electron chi connectivity index (χ3n) is 5.90. The standard InChI is InChI=1S/C20H26N2O3.ClH/c1-24-17-7-3-6-14-8-15(11-25-19(14)17)20(23)22-18-12-4-2-5-13(18)10-16(21)9-12;/h3,6-8,12-13,16,18H,2,4-5,9-11,21H2,1H3,(H,22,23);1H. The number of benzene rings is 1. The second kappa shape index (κ2) is 7.89. The zero-order valence-electron chi connectivity index (χ0n) is 15.1. The van der Waals surface area contributed by atoms with Crippen molar-refractivity contribution < 1.29 is 14.3 Å². The second-order valence-electron chi connectivity index (χ2n) is 7.52. The molecule has 2 unspecified atom stereocenters. The summed E-state index contributed by atoms with van der Waals surface area (Å²) in [6.45, 7) is 0.279. The highest BCUT2D eigenvalue weighted by Gasteiger charge is 2.40. The SMILES string of the molecule is COc1cccc2c1OCC(C(=O)NC1C3CCCC1CC(N)C3)=C2.Cl. The summed E-state index contributed by atoms with van der Waals surface area (Å²) in [6.07, 6.45) is 7.57. The molecule has 4 rings (SSSR count). The van der Waals surface area contributed by atoms with Gasteiger partial charge in [0.1, 0.15) is 6.61 Å². The minimum atomic E-state index is -0.00848. The molecular formula is C20H27ClN2O3. The molecule has 5 nitrogen and oxygen atoms in total. The first-order chi connectivity index (χ1) is 12.2. The van der Waals surface area contributed by atoms with E-state index >= 15 is 0 Å². The summed E-state index contributed by atoms with van der Waals surface area (Å²) in [7, 11) is 1.62. The minimum absolute atomic E-state index is 0. The van der Waals surface area contributed by atoms with Crippen molar-refractivity contribution in [3.8, 4) is 11.5 Å². The van der Waals surface area contributed by atoms with Crippen molar-refractivity contribution in [1.82, 2.24) is 5.32 Å². The van der Waals surface area contributed by atoms with Crippen LogP contribution in [0, 0.1) is 11.8 Å². The molecule has 0 saturated heterocycles. The van der Waals surface area contributed by atoms with E-state index < -0.39 is 0 Å². The zero-order valence-corrected chi connectivity index (χ0v) is 15.9. The van der Waals surface area contributed by atoms with Gasteiger partial charge in [-0.1, -0.05) is 18.6 Å². The highest BCUT2D eigenvalue weighted by molar-refractivity contribution is 5.99. The molecule has 1 aromatic rings. The number of amides is 1. The van der Waals surface area contributed by atoms with Gasteiger partial charge in [-0.2, -0.15) is 0 Å². The Kier molecular flexibility index (Phi) is 5.78. The molecule has 0 radical (unpaired) electrons. The fourth-order valence-corrected chi connectivity index (χ4v) is 4.74. The molecule has 1 amide bonds. The van der Waals surface area contributed by atoms with Gasteiger partial charge in [0.05, 0.1) is 12.7 Å². The largest absolute Gasteiger partial charge is 0.493 e. The van der Waals surface area contributed by atoms with Crippen LogP contribution in [0.4, 0.5) is 0 Å². The Morgan fingerprint density at radius 3 is 2.69 bits per heavy atom. The lowest BCUT2D eigenvalue weighted by Gasteiger charge is -2.45. The van der Waals surface area contributed by atoms with E-state index in [-0.39, 0.29) is 31.0 Å². The molecule has 1 aromatic carbocycles. The Bertz CT molecular complexity index is 692. The fraction of sp³-hybridized carbons (Fsp3) is 0.550. The molecule has 2 aliphatic carbocycles. The molecule has 2 saturated carbocycles. The molecule has 2 bridgehead atoms. The van der Waals surface area contributed by atoms with Gasteiger partial charge in [0.2, 0.25) is 0 Å². The van der Waals surface area contributed by atoms with Crippen molar-refractivity contribution in [2.75, 3.05) is 13.7 Å². The molecule has 2 fully saturated rings. The Morgan fingerprint density at radius 2 is 2.00 bits per heavy atom. The summed E-state index contributed by atoms with van der Waals surface area (Å²) in [5.41, 5.74) is 7.75. The van der Waals surface area contributed by atoms with E-state index in [1.807, 2.05) is 24.3 Å². The number of carbonyl (C=O) groups is 1. The van der Waals surface area contributed by atoms with Crippen LogP contribution >= 0.6 is 12.4 Å². The number of fused-ring (bicyclic) bond motifs is 3. The predicted molar refractivity (Wildman–Crippen MR) is 104 cm³/mol. The zero-order chi connectivity index (χ0) is 17.4. The number of nitrogens with one attached hydrogen (secondary N) is 1. The van der Waals surface area contributed by atoms with E-state index in [0.29, 0.717) is 34.9 Å². The van der Waals surface area contributed by atoms with E-state index in [1.165, 1.54) is 19.3 Å². The van der Waals surface area contributed by atoms with E-state index in [9.17, 15) is 4.79 Å². The number of ether oxygens (including phenoxy) is 2. The second-order valence-corrected chi connectivity index (χ2v) is 7.52. The van der Waals surface area contributed by atoms with Gasteiger partial charge in [0, 0.05) is 17.6 Å². The van der Waals surface area contributed by atoms with Crippen molar-refractivity contribution >= 4 is 24.4 Å². The fourth-order valence-electron chi connectivity index (χ4n) is 4.74. The molecular weight excluding hydrogens is 352 g/mol. The number of nitrogens with two attached hydrogens (primary N) is 1. The minimum Gasteiger partial charge on any atom is -0.493 e. The number of hydrogen-bond acceptors (Lipinski definition) is 4. The molecule has 1 aliphatic heterocycles. The number of methoxy groups -OCH3 is 1. The van der Waals surface area contributed by atoms with Crippen LogP contribution in [-0.2, 0) is 4.79 Å². The Hall–Kier alpha value is -1.72. The smallest absolute Gasteiger partial charge is 0.250 e. The van der Waals surface area contributed by atoms with Crippen LogP contribution in [0.5, 0.6) is 11.5 Å². The maximum absolute atomic E-state index is 12.8. The van der Waals surface area contributed by atoms with Gasteiger partial charge in [-0.3, -0.25) is 4.79 Å². The first kappa shape index (κ1) is 19.1.